The fourth-order valence-corrected chi connectivity index (χ4v) is 5.70. The van der Waals surface area contributed by atoms with E-state index in [2.05, 4.69) is 34.0 Å². The SMILES string of the molecule is CCCCC(=O)N[C@@H](CCC(=O)O)C(=O)NCC(=O)NCC(=O)N[C@@H](Cc1c(F)c(F)c(F)c(F)c1F)C(=O)N[C@@H](Cc1ccccc1F)C(=O)NCC(=O)N(C)C(CC(=O)O)C(N)=O.CC[Se]C. The first-order chi connectivity index (χ1) is 32.4. The van der Waals surface area contributed by atoms with E-state index in [4.69, 9.17) is 15.9 Å². The number of rotatable bonds is 27. The molecule has 20 nitrogen and oxygen atoms in total. The molecule has 0 bridgehead atoms. The molecule has 1 unspecified atom stereocenters. The number of aliphatic carboxylic acids is 2. The van der Waals surface area contributed by atoms with E-state index in [0.29, 0.717) is 17.7 Å². The monoisotopic (exact) mass is 1060 g/mol. The van der Waals surface area contributed by atoms with Gasteiger partial charge in [0, 0.05) is 38.3 Å². The van der Waals surface area contributed by atoms with Crippen molar-refractivity contribution in [3.05, 3.63) is 70.3 Å². The van der Waals surface area contributed by atoms with Crippen molar-refractivity contribution >= 4 is 74.2 Å². The third-order valence-electron chi connectivity index (χ3n) is 9.56. The van der Waals surface area contributed by atoms with Crippen molar-refractivity contribution in [3.8, 4) is 0 Å². The number of likely N-dealkylation sites (N-methyl/N-ethyl adjacent to an activating group) is 1. The van der Waals surface area contributed by atoms with Crippen LogP contribution in [0.4, 0.5) is 26.3 Å². The Labute approximate surface area is 397 Å². The van der Waals surface area contributed by atoms with Crippen LogP contribution in [-0.2, 0) is 60.8 Å². The molecule has 8 amide bonds. The van der Waals surface area contributed by atoms with Crippen LogP contribution in [0, 0.1) is 34.9 Å². The number of halogens is 6. The Morgan fingerprint density at radius 3 is 1.71 bits per heavy atom. The Morgan fingerprint density at radius 1 is 0.652 bits per heavy atom. The van der Waals surface area contributed by atoms with Gasteiger partial charge in [0.2, 0.25) is 53.1 Å². The average Bonchev–Trinajstić information content (AvgIpc) is 3.31. The molecule has 27 heteroatoms. The molecule has 10 N–H and O–H groups in total. The maximum atomic E-state index is 14.9. The molecule has 2 aromatic rings. The van der Waals surface area contributed by atoms with Crippen LogP contribution in [0.2, 0.25) is 11.1 Å². The van der Waals surface area contributed by atoms with Crippen LogP contribution >= 0.6 is 0 Å². The minimum atomic E-state index is -2.57. The van der Waals surface area contributed by atoms with Crippen LogP contribution in [0.15, 0.2) is 24.3 Å². The fraction of sp³-hybridized carbons (Fsp3) is 0.476. The van der Waals surface area contributed by atoms with Gasteiger partial charge in [-0.2, -0.15) is 0 Å². The van der Waals surface area contributed by atoms with Gasteiger partial charge in [-0.25, -0.2) is 26.3 Å². The Morgan fingerprint density at radius 2 is 1.17 bits per heavy atom. The van der Waals surface area contributed by atoms with Crippen LogP contribution in [0.1, 0.15) is 63.5 Å². The normalized spacial score (nSPS) is 12.3. The predicted molar refractivity (Wildman–Crippen MR) is 231 cm³/mol. The number of hydrogen-bond donors (Lipinski definition) is 9. The topological polar surface area (TPSA) is 313 Å². The van der Waals surface area contributed by atoms with Crippen molar-refractivity contribution in [1.82, 2.24) is 36.8 Å². The molecule has 69 heavy (non-hydrogen) atoms. The zero-order valence-electron chi connectivity index (χ0n) is 37.8. The number of carboxylic acid groups (broad SMARTS) is 2. The van der Waals surface area contributed by atoms with Crippen molar-refractivity contribution < 1.29 is 84.5 Å². The molecule has 382 valence electrons. The van der Waals surface area contributed by atoms with Gasteiger partial charge >= 0.3 is 45.0 Å². The third-order valence-corrected chi connectivity index (χ3v) is 10.8. The molecule has 0 aliphatic heterocycles. The van der Waals surface area contributed by atoms with Gasteiger partial charge in [-0.3, -0.25) is 47.9 Å². The molecule has 0 saturated heterocycles. The van der Waals surface area contributed by atoms with Crippen LogP contribution in [0.3, 0.4) is 0 Å². The summed E-state index contributed by atoms with van der Waals surface area (Å²) in [5.74, 6) is -23.0. The van der Waals surface area contributed by atoms with Crippen LogP contribution < -0.4 is 37.6 Å². The number of unbranched alkanes of at least 4 members (excludes halogenated alkanes) is 1. The molecule has 0 heterocycles. The van der Waals surface area contributed by atoms with Crippen LogP contribution in [0.5, 0.6) is 0 Å². The average molecular weight is 1060 g/mol. The number of carboxylic acids is 2. The van der Waals surface area contributed by atoms with Gasteiger partial charge in [-0.05, 0) is 24.5 Å². The Kier molecular flexibility index (Phi) is 26.7. The number of nitrogens with zero attached hydrogens (tertiary/aromatic N) is 1. The maximum absolute atomic E-state index is 14.9. The Bertz CT molecular complexity index is 2160. The summed E-state index contributed by atoms with van der Waals surface area (Å²) in [6, 6.07) is -2.70. The van der Waals surface area contributed by atoms with Crippen LogP contribution in [0.25, 0.3) is 0 Å². The fourth-order valence-electron chi connectivity index (χ4n) is 5.70. The van der Waals surface area contributed by atoms with Crippen molar-refractivity contribution in [1.29, 1.82) is 0 Å². The summed E-state index contributed by atoms with van der Waals surface area (Å²) < 4.78 is 86.8. The van der Waals surface area contributed by atoms with E-state index in [1.165, 1.54) is 17.5 Å². The van der Waals surface area contributed by atoms with Gasteiger partial charge in [0.15, 0.2) is 23.3 Å². The Hall–Kier alpha value is -6.76. The summed E-state index contributed by atoms with van der Waals surface area (Å²) in [5.41, 5.74) is 3.31. The van der Waals surface area contributed by atoms with E-state index in [1.54, 1.807) is 6.92 Å². The molecule has 0 radical (unpaired) electrons. The molecule has 0 saturated carbocycles. The molecule has 0 spiro atoms. The van der Waals surface area contributed by atoms with E-state index in [0.717, 1.165) is 34.1 Å². The molecule has 0 aromatic heterocycles. The summed E-state index contributed by atoms with van der Waals surface area (Å²) in [6.07, 6.45) is -2.98. The standard InChI is InChI=1S/C39H46F6N8O12.C3H8Se/c1-3-4-9-25(54)50-21(10-11-29(58)59)37(63)48-15-26(55)47-16-27(56)51-23(13-19-31(41)33(43)35(45)34(44)32(19)42)39(65)52-22(12-18-7-5-6-8-20(18)40)38(64)49-17-28(57)53(2)24(36(46)62)14-30(60)61;1-3-4-2/h5-8,21-24H,3-4,9-17H2,1-2H3,(H2,46,62)(H,47,55)(H,48,63)(H,49,64)(H,50,54)(H,51,56)(H,52,65)(H,58,59)(H,60,61);3H2,1-2H3/t21-,22-,23-,24?;/m0./s1. The molecule has 2 rings (SSSR count). The molecule has 4 atom stereocenters. The second kappa shape index (κ2) is 30.6. The summed E-state index contributed by atoms with van der Waals surface area (Å²) in [7, 11) is 0.980. The predicted octanol–water partition coefficient (Wildman–Crippen LogP) is 0.128. The van der Waals surface area contributed by atoms with E-state index in [-0.39, 0.29) is 18.4 Å². The zero-order chi connectivity index (χ0) is 52.5. The van der Waals surface area contributed by atoms with Crippen molar-refractivity contribution in [2.45, 2.75) is 101 Å². The van der Waals surface area contributed by atoms with Gasteiger partial charge in [0.05, 0.1) is 26.1 Å². The van der Waals surface area contributed by atoms with E-state index >= 15 is 0 Å². The molecule has 0 aliphatic rings. The number of primary amides is 1. The van der Waals surface area contributed by atoms with E-state index in [9.17, 15) is 74.3 Å². The molecule has 2 aromatic carbocycles. The van der Waals surface area contributed by atoms with Crippen molar-refractivity contribution in [2.75, 3.05) is 26.7 Å². The van der Waals surface area contributed by atoms with E-state index < -0.39 is 169 Å². The molecular formula is C42H54F6N8O12Se. The van der Waals surface area contributed by atoms with Gasteiger partial charge in [-0.15, -0.1) is 0 Å². The number of amides is 8. The van der Waals surface area contributed by atoms with Crippen molar-refractivity contribution in [2.24, 2.45) is 5.73 Å². The van der Waals surface area contributed by atoms with Gasteiger partial charge in [0.1, 0.15) is 30.0 Å². The first-order valence-electron chi connectivity index (χ1n) is 20.8. The summed E-state index contributed by atoms with van der Waals surface area (Å²) in [5, 5.41) is 32.0. The minimum absolute atomic E-state index is 0.0160. The quantitative estimate of drug-likeness (QED) is 0.0250. The van der Waals surface area contributed by atoms with Crippen molar-refractivity contribution in [3.63, 3.8) is 0 Å². The second-order valence-corrected chi connectivity index (χ2v) is 17.1. The summed E-state index contributed by atoms with van der Waals surface area (Å²) in [6.45, 7) is 1.05. The number of nitrogens with two attached hydrogens (primary N) is 1. The second-order valence-electron chi connectivity index (χ2n) is 14.7. The van der Waals surface area contributed by atoms with Gasteiger partial charge in [-0.1, -0.05) is 31.5 Å². The number of hydrogen-bond acceptors (Lipinski definition) is 10. The zero-order valence-corrected chi connectivity index (χ0v) is 39.5. The number of carbonyl (C=O) groups is 10. The third kappa shape index (κ3) is 21.0. The summed E-state index contributed by atoms with van der Waals surface area (Å²) >= 11 is 0.917. The van der Waals surface area contributed by atoms with Gasteiger partial charge in [0.25, 0.3) is 0 Å². The number of carbonyl (C=O) groups excluding carboxylic acids is 8. The number of nitrogens with one attached hydrogen (secondary N) is 6. The first kappa shape index (κ1) is 60.3. The summed E-state index contributed by atoms with van der Waals surface area (Å²) in [4.78, 5) is 125. The molecule has 0 aliphatic carbocycles. The molecule has 0 fully saturated rings. The van der Waals surface area contributed by atoms with Gasteiger partial charge < -0.3 is 52.7 Å². The van der Waals surface area contributed by atoms with Crippen LogP contribution in [-0.4, -0.2) is 140 Å². The van der Waals surface area contributed by atoms with E-state index in [1.807, 2.05) is 10.6 Å². The number of benzene rings is 2. The molecular weight excluding hydrogens is 1000 g/mol. The Balaban J connectivity index is 0.00000571. The first-order valence-corrected chi connectivity index (χ1v) is 23.7.